The molecule has 6 nitrogen and oxygen atoms in total. The van der Waals surface area contributed by atoms with Crippen molar-refractivity contribution in [3.8, 4) is 0 Å². The number of hydrogen-bond acceptors (Lipinski definition) is 5. The van der Waals surface area contributed by atoms with Crippen LogP contribution >= 0.6 is 0 Å². The molecule has 0 amide bonds. The molecule has 2 heterocycles. The van der Waals surface area contributed by atoms with Crippen LogP contribution in [0.3, 0.4) is 0 Å². The number of aromatic nitrogens is 3. The van der Waals surface area contributed by atoms with Crippen molar-refractivity contribution < 1.29 is 5.11 Å². The van der Waals surface area contributed by atoms with Crippen LogP contribution in [0.25, 0.3) is 21.9 Å². The molecule has 0 fully saturated rings. The molecule has 3 N–H and O–H groups in total. The van der Waals surface area contributed by atoms with Crippen LogP contribution in [0.5, 0.6) is 0 Å². The Morgan fingerprint density at radius 1 is 1.11 bits per heavy atom. The summed E-state index contributed by atoms with van der Waals surface area (Å²) in [6.07, 6.45) is 0. The van der Waals surface area contributed by atoms with Gasteiger partial charge in [-0.25, -0.2) is 9.97 Å². The summed E-state index contributed by atoms with van der Waals surface area (Å²) < 4.78 is 2.12. The molecular weight excluding hydrogens is 338 g/mol. The number of aliphatic hydroxyl groups is 1. The third-order valence-corrected chi connectivity index (χ3v) is 4.90. The van der Waals surface area contributed by atoms with Gasteiger partial charge in [0.1, 0.15) is 11.3 Å². The van der Waals surface area contributed by atoms with Gasteiger partial charge in [-0.15, -0.1) is 0 Å². The van der Waals surface area contributed by atoms with E-state index >= 15 is 0 Å². The van der Waals surface area contributed by atoms with Crippen molar-refractivity contribution in [1.29, 1.82) is 0 Å². The van der Waals surface area contributed by atoms with E-state index in [-0.39, 0.29) is 5.54 Å². The Kier molecular flexibility index (Phi) is 4.91. The van der Waals surface area contributed by atoms with Crippen molar-refractivity contribution in [2.45, 2.75) is 65.8 Å². The number of anilines is 1. The monoisotopic (exact) mass is 369 g/mol. The molecule has 3 rings (SSSR count). The molecular formula is C21H31N5O. The predicted octanol–water partition coefficient (Wildman–Crippen LogP) is 3.56. The standard InChI is InChI=1S/C21H31N5O/c1-7-25(20(2,3)4)12-16-24-17-18(26(16)13-21(5,6)27)14-10-8-9-11-15(14)23-19(17)22/h8-11,27H,7,12-13H2,1-6H3,(H2,22,23). The zero-order valence-electron chi connectivity index (χ0n) is 17.2. The summed E-state index contributed by atoms with van der Waals surface area (Å²) in [4.78, 5) is 11.8. The van der Waals surface area contributed by atoms with Crippen molar-refractivity contribution in [2.24, 2.45) is 0 Å². The molecule has 0 radical (unpaired) electrons. The summed E-state index contributed by atoms with van der Waals surface area (Å²) in [6, 6.07) is 7.95. The van der Waals surface area contributed by atoms with E-state index in [1.807, 2.05) is 38.1 Å². The van der Waals surface area contributed by atoms with Crippen LogP contribution in [0, 0.1) is 0 Å². The quantitative estimate of drug-likeness (QED) is 0.719. The average molecular weight is 370 g/mol. The van der Waals surface area contributed by atoms with Crippen LogP contribution in [0.1, 0.15) is 47.4 Å². The maximum Gasteiger partial charge on any atom is 0.152 e. The van der Waals surface area contributed by atoms with E-state index in [9.17, 15) is 5.11 Å². The van der Waals surface area contributed by atoms with Gasteiger partial charge in [0, 0.05) is 10.9 Å². The SMILES string of the molecule is CCN(Cc1nc2c(N)nc3ccccc3c2n1CC(C)(C)O)C(C)(C)C. The summed E-state index contributed by atoms with van der Waals surface area (Å²) >= 11 is 0. The van der Waals surface area contributed by atoms with Crippen molar-refractivity contribution in [3.63, 3.8) is 0 Å². The van der Waals surface area contributed by atoms with E-state index in [0.29, 0.717) is 24.4 Å². The van der Waals surface area contributed by atoms with Gasteiger partial charge < -0.3 is 15.4 Å². The lowest BCUT2D eigenvalue weighted by molar-refractivity contribution is 0.0597. The molecule has 0 aliphatic heterocycles. The van der Waals surface area contributed by atoms with E-state index in [4.69, 9.17) is 10.7 Å². The lowest BCUT2D eigenvalue weighted by atomic mass is 10.1. The topological polar surface area (TPSA) is 80.2 Å². The fourth-order valence-electron chi connectivity index (χ4n) is 3.58. The lowest BCUT2D eigenvalue weighted by Gasteiger charge is -2.34. The first-order chi connectivity index (χ1) is 12.5. The molecule has 0 spiro atoms. The Labute approximate surface area is 161 Å². The summed E-state index contributed by atoms with van der Waals surface area (Å²) in [6.45, 7) is 14.4. The number of nitrogens with zero attached hydrogens (tertiary/aromatic N) is 4. The number of pyridine rings is 1. The second kappa shape index (κ2) is 6.77. The molecule has 6 heteroatoms. The Balaban J connectivity index is 2.28. The summed E-state index contributed by atoms with van der Waals surface area (Å²) in [7, 11) is 0. The van der Waals surface area contributed by atoms with Crippen molar-refractivity contribution >= 4 is 27.8 Å². The van der Waals surface area contributed by atoms with Gasteiger partial charge in [-0.05, 0) is 47.2 Å². The van der Waals surface area contributed by atoms with Gasteiger partial charge in [-0.2, -0.15) is 0 Å². The zero-order valence-corrected chi connectivity index (χ0v) is 17.2. The molecule has 0 unspecified atom stereocenters. The van der Waals surface area contributed by atoms with Gasteiger partial charge >= 0.3 is 0 Å². The number of hydrogen-bond donors (Lipinski definition) is 2. The number of imidazole rings is 1. The highest BCUT2D eigenvalue weighted by atomic mass is 16.3. The second-order valence-corrected chi connectivity index (χ2v) is 8.82. The zero-order chi connectivity index (χ0) is 20.0. The molecule has 0 saturated heterocycles. The van der Waals surface area contributed by atoms with Gasteiger partial charge in [-0.3, -0.25) is 4.90 Å². The maximum absolute atomic E-state index is 10.6. The first-order valence-electron chi connectivity index (χ1n) is 9.52. The average Bonchev–Trinajstić information content (AvgIpc) is 2.89. The summed E-state index contributed by atoms with van der Waals surface area (Å²) in [5, 5.41) is 11.6. The molecule has 3 aromatic rings. The summed E-state index contributed by atoms with van der Waals surface area (Å²) in [5.41, 5.74) is 7.88. The highest BCUT2D eigenvalue weighted by Crippen LogP contribution is 2.31. The van der Waals surface area contributed by atoms with E-state index in [0.717, 1.165) is 28.8 Å². The molecule has 146 valence electrons. The predicted molar refractivity (Wildman–Crippen MR) is 112 cm³/mol. The van der Waals surface area contributed by atoms with Crippen LogP contribution in [0.2, 0.25) is 0 Å². The number of para-hydroxylation sites is 1. The van der Waals surface area contributed by atoms with Crippen molar-refractivity contribution in [1.82, 2.24) is 19.4 Å². The number of rotatable bonds is 5. The molecule has 0 bridgehead atoms. The van der Waals surface area contributed by atoms with Crippen LogP contribution < -0.4 is 5.73 Å². The Morgan fingerprint density at radius 2 is 1.78 bits per heavy atom. The first kappa shape index (κ1) is 19.6. The first-order valence-corrected chi connectivity index (χ1v) is 9.52. The van der Waals surface area contributed by atoms with Crippen LogP contribution in [-0.4, -0.2) is 42.2 Å². The van der Waals surface area contributed by atoms with Gasteiger partial charge in [0.25, 0.3) is 0 Å². The van der Waals surface area contributed by atoms with Crippen molar-refractivity contribution in [2.75, 3.05) is 12.3 Å². The molecule has 0 aliphatic carbocycles. The highest BCUT2D eigenvalue weighted by Gasteiger charge is 2.26. The molecule has 1 aromatic carbocycles. The lowest BCUT2D eigenvalue weighted by Crippen LogP contribution is -2.41. The smallest absolute Gasteiger partial charge is 0.152 e. The van der Waals surface area contributed by atoms with Crippen molar-refractivity contribution in [3.05, 3.63) is 30.1 Å². The second-order valence-electron chi connectivity index (χ2n) is 8.82. The number of benzene rings is 1. The number of fused-ring (bicyclic) bond motifs is 3. The van der Waals surface area contributed by atoms with Crippen LogP contribution in [-0.2, 0) is 13.1 Å². The van der Waals surface area contributed by atoms with E-state index in [1.165, 1.54) is 0 Å². The highest BCUT2D eigenvalue weighted by molar-refractivity contribution is 6.06. The largest absolute Gasteiger partial charge is 0.389 e. The summed E-state index contributed by atoms with van der Waals surface area (Å²) in [5.74, 6) is 1.33. The van der Waals surface area contributed by atoms with Crippen LogP contribution in [0.15, 0.2) is 24.3 Å². The molecule has 2 aromatic heterocycles. The Hall–Kier alpha value is -2.18. The molecule has 27 heavy (non-hydrogen) atoms. The minimum Gasteiger partial charge on any atom is -0.389 e. The van der Waals surface area contributed by atoms with Gasteiger partial charge in [0.2, 0.25) is 0 Å². The Bertz CT molecular complexity index is 962. The number of nitrogen functional groups attached to an aromatic ring is 1. The third-order valence-electron chi connectivity index (χ3n) is 4.90. The normalized spacial score (nSPS) is 13.2. The fraction of sp³-hybridized carbons (Fsp3) is 0.524. The molecule has 0 aliphatic rings. The fourth-order valence-corrected chi connectivity index (χ4v) is 3.58. The van der Waals surface area contributed by atoms with E-state index < -0.39 is 5.60 Å². The minimum absolute atomic E-state index is 0.0122. The van der Waals surface area contributed by atoms with Gasteiger partial charge in [0.05, 0.1) is 29.7 Å². The van der Waals surface area contributed by atoms with Gasteiger partial charge in [-0.1, -0.05) is 25.1 Å². The maximum atomic E-state index is 10.6. The van der Waals surface area contributed by atoms with E-state index in [2.05, 4.69) is 42.1 Å². The molecule has 0 atom stereocenters. The van der Waals surface area contributed by atoms with Crippen LogP contribution in [0.4, 0.5) is 5.82 Å². The Morgan fingerprint density at radius 3 is 2.37 bits per heavy atom. The number of nitrogens with two attached hydrogens (primary N) is 1. The van der Waals surface area contributed by atoms with Gasteiger partial charge in [0.15, 0.2) is 5.82 Å². The van der Waals surface area contributed by atoms with E-state index in [1.54, 1.807) is 0 Å². The molecule has 0 saturated carbocycles. The minimum atomic E-state index is -0.875. The third kappa shape index (κ3) is 3.92.